The van der Waals surface area contributed by atoms with Gasteiger partial charge in [-0.2, -0.15) is 4.31 Å². The average molecular weight is 313 g/mol. The lowest BCUT2D eigenvalue weighted by atomic mass is 10.2. The highest BCUT2D eigenvalue weighted by molar-refractivity contribution is 7.89. The molecule has 21 heavy (non-hydrogen) atoms. The Balaban J connectivity index is 2.25. The number of nitrogens with zero attached hydrogens (tertiary/aromatic N) is 1. The van der Waals surface area contributed by atoms with Crippen LogP contribution in [0.2, 0.25) is 0 Å². The van der Waals surface area contributed by atoms with Crippen LogP contribution in [0.4, 0.5) is 0 Å². The number of hydrogen-bond acceptors (Lipinski definition) is 4. The average Bonchev–Trinajstić information content (AvgIpc) is 2.97. The number of carboxylic acids is 1. The Morgan fingerprint density at radius 3 is 2.81 bits per heavy atom. The van der Waals surface area contributed by atoms with Crippen LogP contribution < -0.4 is 0 Å². The molecule has 0 amide bonds. The third-order valence-electron chi connectivity index (χ3n) is 3.50. The van der Waals surface area contributed by atoms with Gasteiger partial charge in [-0.25, -0.2) is 13.2 Å². The molecule has 0 aromatic heterocycles. The monoisotopic (exact) mass is 313 g/mol. The Labute approximate surface area is 124 Å². The van der Waals surface area contributed by atoms with Gasteiger partial charge in [0.25, 0.3) is 0 Å². The van der Waals surface area contributed by atoms with E-state index in [0.29, 0.717) is 19.7 Å². The zero-order valence-corrected chi connectivity index (χ0v) is 12.7. The maximum Gasteiger partial charge on any atom is 0.335 e. The predicted molar refractivity (Wildman–Crippen MR) is 76.8 cm³/mol. The van der Waals surface area contributed by atoms with Crippen LogP contribution in [0.3, 0.4) is 0 Å². The Morgan fingerprint density at radius 1 is 1.48 bits per heavy atom. The van der Waals surface area contributed by atoms with Crippen LogP contribution in [0, 0.1) is 0 Å². The second kappa shape index (κ2) is 6.55. The fraction of sp³-hybridized carbons (Fsp3) is 0.500. The van der Waals surface area contributed by atoms with Gasteiger partial charge >= 0.3 is 5.97 Å². The Hall–Kier alpha value is -1.44. The van der Waals surface area contributed by atoms with Gasteiger partial charge in [-0.15, -0.1) is 0 Å². The summed E-state index contributed by atoms with van der Waals surface area (Å²) in [5.41, 5.74) is -0.0377. The molecular formula is C14H19NO5S. The fourth-order valence-corrected chi connectivity index (χ4v) is 3.88. The third-order valence-corrected chi connectivity index (χ3v) is 5.44. The molecule has 0 radical (unpaired) electrons. The van der Waals surface area contributed by atoms with Crippen LogP contribution in [0.25, 0.3) is 0 Å². The van der Waals surface area contributed by atoms with E-state index in [4.69, 9.17) is 9.84 Å². The highest BCUT2D eigenvalue weighted by Gasteiger charge is 2.28. The van der Waals surface area contributed by atoms with E-state index in [1.165, 1.54) is 28.6 Å². The first-order valence-corrected chi connectivity index (χ1v) is 8.34. The summed E-state index contributed by atoms with van der Waals surface area (Å²) >= 11 is 0. The van der Waals surface area contributed by atoms with Crippen molar-refractivity contribution in [2.75, 3.05) is 19.7 Å². The molecule has 1 aromatic carbocycles. The highest BCUT2D eigenvalue weighted by atomic mass is 32.2. The Kier molecular flexibility index (Phi) is 4.97. The molecule has 1 N–H and O–H groups in total. The number of benzene rings is 1. The molecule has 0 saturated carbocycles. The number of carbonyl (C=O) groups is 1. The van der Waals surface area contributed by atoms with Crippen LogP contribution in [0.5, 0.6) is 0 Å². The van der Waals surface area contributed by atoms with Crippen molar-refractivity contribution in [3.63, 3.8) is 0 Å². The number of ether oxygens (including phenoxy) is 1. The normalized spacial score (nSPS) is 19.0. The minimum absolute atomic E-state index is 0.00208. The summed E-state index contributed by atoms with van der Waals surface area (Å²) in [4.78, 5) is 11.0. The number of carboxylic acid groups (broad SMARTS) is 1. The lowest BCUT2D eigenvalue weighted by Crippen LogP contribution is -2.37. The van der Waals surface area contributed by atoms with E-state index < -0.39 is 16.0 Å². The minimum Gasteiger partial charge on any atom is -0.478 e. The zero-order valence-electron chi connectivity index (χ0n) is 11.9. The largest absolute Gasteiger partial charge is 0.478 e. The van der Waals surface area contributed by atoms with E-state index >= 15 is 0 Å². The molecule has 1 unspecified atom stereocenters. The van der Waals surface area contributed by atoms with Crippen LogP contribution >= 0.6 is 0 Å². The molecule has 2 rings (SSSR count). The first kappa shape index (κ1) is 15.9. The van der Waals surface area contributed by atoms with E-state index in [-0.39, 0.29) is 16.6 Å². The topological polar surface area (TPSA) is 83.9 Å². The number of rotatable bonds is 6. The molecule has 0 spiro atoms. The quantitative estimate of drug-likeness (QED) is 0.862. The van der Waals surface area contributed by atoms with Crippen molar-refractivity contribution in [3.8, 4) is 0 Å². The zero-order chi connectivity index (χ0) is 15.5. The van der Waals surface area contributed by atoms with E-state index in [1.54, 1.807) is 6.92 Å². The van der Waals surface area contributed by atoms with Crippen molar-refractivity contribution in [1.82, 2.24) is 4.31 Å². The number of aromatic carboxylic acids is 1. The van der Waals surface area contributed by atoms with Gasteiger partial charge in [0.1, 0.15) is 0 Å². The summed E-state index contributed by atoms with van der Waals surface area (Å²) in [6.07, 6.45) is 1.71. The van der Waals surface area contributed by atoms with Crippen LogP contribution in [0.1, 0.15) is 30.1 Å². The summed E-state index contributed by atoms with van der Waals surface area (Å²) in [6.45, 7) is 3.04. The Morgan fingerprint density at radius 2 is 2.24 bits per heavy atom. The standard InChI is InChI=1S/C14H19NO5S/c1-2-15(10-12-6-4-8-20-12)21(18,19)13-7-3-5-11(9-13)14(16)17/h3,5,7,9,12H,2,4,6,8,10H2,1H3,(H,16,17). The lowest BCUT2D eigenvalue weighted by Gasteiger charge is -2.23. The van der Waals surface area contributed by atoms with E-state index in [1.807, 2.05) is 0 Å². The second-order valence-corrected chi connectivity index (χ2v) is 6.86. The highest BCUT2D eigenvalue weighted by Crippen LogP contribution is 2.20. The van der Waals surface area contributed by atoms with Gasteiger partial charge in [-0.05, 0) is 31.0 Å². The molecular weight excluding hydrogens is 294 g/mol. The van der Waals surface area contributed by atoms with Crippen molar-refractivity contribution in [2.24, 2.45) is 0 Å². The molecule has 7 heteroatoms. The van der Waals surface area contributed by atoms with Gasteiger partial charge in [0, 0.05) is 19.7 Å². The first-order valence-electron chi connectivity index (χ1n) is 6.90. The molecule has 1 saturated heterocycles. The maximum atomic E-state index is 12.6. The molecule has 1 atom stereocenters. The van der Waals surface area contributed by atoms with Gasteiger partial charge in [-0.3, -0.25) is 0 Å². The van der Waals surface area contributed by atoms with Crippen LogP contribution in [-0.4, -0.2) is 49.6 Å². The molecule has 1 aliphatic heterocycles. The predicted octanol–water partition coefficient (Wildman–Crippen LogP) is 1.57. The van der Waals surface area contributed by atoms with E-state index in [9.17, 15) is 13.2 Å². The summed E-state index contributed by atoms with van der Waals surface area (Å²) < 4.78 is 32.0. The van der Waals surface area contributed by atoms with Crippen LogP contribution in [0.15, 0.2) is 29.2 Å². The number of hydrogen-bond donors (Lipinski definition) is 1. The summed E-state index contributed by atoms with van der Waals surface area (Å²) in [7, 11) is -3.70. The third kappa shape index (κ3) is 3.61. The van der Waals surface area contributed by atoms with Gasteiger partial charge in [0.05, 0.1) is 16.6 Å². The van der Waals surface area contributed by atoms with Gasteiger partial charge in [0.15, 0.2) is 0 Å². The molecule has 1 aliphatic rings. The van der Waals surface area contributed by atoms with E-state index in [2.05, 4.69) is 0 Å². The molecule has 1 heterocycles. The Bertz CT molecular complexity index is 608. The lowest BCUT2D eigenvalue weighted by molar-refractivity contribution is 0.0696. The molecule has 0 aliphatic carbocycles. The number of likely N-dealkylation sites (N-methyl/N-ethyl adjacent to an activating group) is 1. The smallest absolute Gasteiger partial charge is 0.335 e. The molecule has 0 bridgehead atoms. The first-order chi connectivity index (χ1) is 9.95. The summed E-state index contributed by atoms with van der Waals surface area (Å²) in [5.74, 6) is -1.14. The van der Waals surface area contributed by atoms with Crippen molar-refractivity contribution in [2.45, 2.75) is 30.8 Å². The van der Waals surface area contributed by atoms with Crippen molar-refractivity contribution in [1.29, 1.82) is 0 Å². The van der Waals surface area contributed by atoms with Crippen molar-refractivity contribution < 1.29 is 23.1 Å². The molecule has 1 aromatic rings. The molecule has 1 fully saturated rings. The summed E-state index contributed by atoms with van der Waals surface area (Å²) in [5, 5.41) is 8.97. The van der Waals surface area contributed by atoms with Crippen LogP contribution in [-0.2, 0) is 14.8 Å². The molecule has 6 nitrogen and oxygen atoms in total. The SMILES string of the molecule is CCN(CC1CCCO1)S(=O)(=O)c1cccc(C(=O)O)c1. The van der Waals surface area contributed by atoms with Gasteiger partial charge in [0.2, 0.25) is 10.0 Å². The van der Waals surface area contributed by atoms with E-state index in [0.717, 1.165) is 12.8 Å². The molecule has 116 valence electrons. The summed E-state index contributed by atoms with van der Waals surface area (Å²) in [6, 6.07) is 5.42. The second-order valence-electron chi connectivity index (χ2n) is 4.92. The maximum absolute atomic E-state index is 12.6. The van der Waals surface area contributed by atoms with Gasteiger partial charge in [-0.1, -0.05) is 13.0 Å². The number of sulfonamides is 1. The fourth-order valence-electron chi connectivity index (χ4n) is 2.35. The van der Waals surface area contributed by atoms with Crippen molar-refractivity contribution in [3.05, 3.63) is 29.8 Å². The van der Waals surface area contributed by atoms with Crippen molar-refractivity contribution >= 4 is 16.0 Å². The van der Waals surface area contributed by atoms with Gasteiger partial charge < -0.3 is 9.84 Å². The minimum atomic E-state index is -3.70.